The summed E-state index contributed by atoms with van der Waals surface area (Å²) in [6.07, 6.45) is 4.66. The Labute approximate surface area is 129 Å². The van der Waals surface area contributed by atoms with Crippen molar-refractivity contribution in [3.63, 3.8) is 0 Å². The molecule has 0 amide bonds. The van der Waals surface area contributed by atoms with Gasteiger partial charge in [-0.05, 0) is 42.8 Å². The van der Waals surface area contributed by atoms with E-state index in [1.54, 1.807) is 12.5 Å². The Bertz CT molecular complexity index is 525. The van der Waals surface area contributed by atoms with Gasteiger partial charge in [0.25, 0.3) is 0 Å². The van der Waals surface area contributed by atoms with Crippen LogP contribution in [0.15, 0.2) is 45.7 Å². The summed E-state index contributed by atoms with van der Waals surface area (Å²) in [5.41, 5.74) is 3.74. The number of halogens is 1. The van der Waals surface area contributed by atoms with Crippen molar-refractivity contribution in [2.75, 3.05) is 18.5 Å². The molecule has 1 aromatic heterocycles. The van der Waals surface area contributed by atoms with E-state index in [-0.39, 0.29) is 0 Å². The molecule has 108 valence electrons. The number of benzene rings is 1. The predicted molar refractivity (Wildman–Crippen MR) is 87.0 cm³/mol. The highest BCUT2D eigenvalue weighted by Gasteiger charge is 2.09. The van der Waals surface area contributed by atoms with Crippen LogP contribution in [0.2, 0.25) is 0 Å². The highest BCUT2D eigenvalue weighted by Crippen LogP contribution is 2.25. The second-order valence-electron chi connectivity index (χ2n) is 4.94. The van der Waals surface area contributed by atoms with E-state index >= 15 is 0 Å². The molecule has 0 atom stereocenters. The topological polar surface area (TPSA) is 28.4 Å². The molecule has 0 saturated carbocycles. The summed E-state index contributed by atoms with van der Waals surface area (Å²) in [4.78, 5) is 2.25. The Morgan fingerprint density at radius 2 is 2.15 bits per heavy atom. The third-order valence-corrected chi connectivity index (χ3v) is 3.69. The van der Waals surface area contributed by atoms with Crippen molar-refractivity contribution in [3.8, 4) is 0 Å². The van der Waals surface area contributed by atoms with Gasteiger partial charge in [0.2, 0.25) is 0 Å². The quantitative estimate of drug-likeness (QED) is 0.769. The van der Waals surface area contributed by atoms with Gasteiger partial charge in [0.15, 0.2) is 0 Å². The van der Waals surface area contributed by atoms with Crippen LogP contribution in [0.1, 0.15) is 24.5 Å². The molecule has 0 radical (unpaired) electrons. The van der Waals surface area contributed by atoms with Crippen LogP contribution in [0.25, 0.3) is 0 Å². The molecule has 0 bridgehead atoms. The molecule has 0 fully saturated rings. The summed E-state index contributed by atoms with van der Waals surface area (Å²) >= 11 is 3.55. The van der Waals surface area contributed by atoms with Crippen LogP contribution in [0.4, 0.5) is 5.69 Å². The Morgan fingerprint density at radius 1 is 1.30 bits per heavy atom. The maximum absolute atomic E-state index is 5.13. The van der Waals surface area contributed by atoms with E-state index in [2.05, 4.69) is 58.3 Å². The fourth-order valence-corrected chi connectivity index (χ4v) is 2.62. The molecule has 0 aliphatic carbocycles. The lowest BCUT2D eigenvalue weighted by atomic mass is 10.1. The van der Waals surface area contributed by atoms with E-state index in [1.807, 2.05) is 6.07 Å². The van der Waals surface area contributed by atoms with Crippen molar-refractivity contribution in [1.82, 2.24) is 5.32 Å². The zero-order valence-corrected chi connectivity index (χ0v) is 13.6. The molecule has 0 spiro atoms. The van der Waals surface area contributed by atoms with E-state index in [4.69, 9.17) is 4.42 Å². The minimum absolute atomic E-state index is 0.846. The lowest BCUT2D eigenvalue weighted by Gasteiger charge is -2.22. The summed E-state index contributed by atoms with van der Waals surface area (Å²) in [5, 5.41) is 3.47. The maximum Gasteiger partial charge on any atom is 0.0952 e. The first kappa shape index (κ1) is 15.1. The number of nitrogens with one attached hydrogen (secondary N) is 1. The third kappa shape index (κ3) is 4.12. The van der Waals surface area contributed by atoms with Crippen molar-refractivity contribution in [3.05, 3.63) is 52.4 Å². The normalized spacial score (nSPS) is 10.8. The van der Waals surface area contributed by atoms with Crippen molar-refractivity contribution in [2.24, 2.45) is 0 Å². The number of furan rings is 1. The lowest BCUT2D eigenvalue weighted by Crippen LogP contribution is -2.21. The van der Waals surface area contributed by atoms with Crippen LogP contribution in [0.3, 0.4) is 0 Å². The standard InChI is InChI=1S/C16H21BrN2O/c1-3-7-18-10-14-9-15(17)4-5-16(14)19(2)11-13-6-8-20-12-13/h4-6,8-9,12,18H,3,7,10-11H2,1-2H3. The van der Waals surface area contributed by atoms with Crippen molar-refractivity contribution in [2.45, 2.75) is 26.4 Å². The summed E-state index contributed by atoms with van der Waals surface area (Å²) in [6.45, 7) is 4.95. The first-order valence-corrected chi connectivity index (χ1v) is 7.71. The SMILES string of the molecule is CCCNCc1cc(Br)ccc1N(C)Cc1ccoc1. The number of hydrogen-bond acceptors (Lipinski definition) is 3. The molecule has 0 saturated heterocycles. The van der Waals surface area contributed by atoms with Gasteiger partial charge in [-0.1, -0.05) is 22.9 Å². The van der Waals surface area contributed by atoms with E-state index in [0.29, 0.717) is 0 Å². The number of anilines is 1. The largest absolute Gasteiger partial charge is 0.472 e. The van der Waals surface area contributed by atoms with Gasteiger partial charge in [-0.25, -0.2) is 0 Å². The van der Waals surface area contributed by atoms with Crippen LogP contribution in [0, 0.1) is 0 Å². The fourth-order valence-electron chi connectivity index (χ4n) is 2.21. The molecule has 4 heteroatoms. The molecule has 0 aliphatic heterocycles. The van der Waals surface area contributed by atoms with Crippen LogP contribution in [-0.4, -0.2) is 13.6 Å². The van der Waals surface area contributed by atoms with Crippen LogP contribution in [0.5, 0.6) is 0 Å². The average Bonchev–Trinajstić information content (AvgIpc) is 2.92. The number of rotatable bonds is 7. The summed E-state index contributed by atoms with van der Waals surface area (Å²) < 4.78 is 6.25. The highest BCUT2D eigenvalue weighted by molar-refractivity contribution is 9.10. The van der Waals surface area contributed by atoms with Gasteiger partial charge in [0.05, 0.1) is 12.5 Å². The fraction of sp³-hybridized carbons (Fsp3) is 0.375. The van der Waals surface area contributed by atoms with Crippen molar-refractivity contribution < 1.29 is 4.42 Å². The van der Waals surface area contributed by atoms with E-state index < -0.39 is 0 Å². The summed E-state index contributed by atoms with van der Waals surface area (Å²) in [5.74, 6) is 0. The minimum Gasteiger partial charge on any atom is -0.472 e. The van der Waals surface area contributed by atoms with Crippen LogP contribution < -0.4 is 10.2 Å². The van der Waals surface area contributed by atoms with Crippen LogP contribution in [-0.2, 0) is 13.1 Å². The Morgan fingerprint density at radius 3 is 2.85 bits per heavy atom. The molecule has 2 rings (SSSR count). The first-order chi connectivity index (χ1) is 9.70. The Balaban J connectivity index is 2.12. The molecule has 20 heavy (non-hydrogen) atoms. The summed E-state index contributed by atoms with van der Waals surface area (Å²) in [6, 6.07) is 8.44. The molecule has 0 aliphatic rings. The monoisotopic (exact) mass is 336 g/mol. The van der Waals surface area contributed by atoms with Crippen LogP contribution >= 0.6 is 15.9 Å². The van der Waals surface area contributed by atoms with E-state index in [0.717, 1.165) is 30.5 Å². The molecular weight excluding hydrogens is 316 g/mol. The second-order valence-corrected chi connectivity index (χ2v) is 5.85. The van der Waals surface area contributed by atoms with Gasteiger partial charge in [-0.2, -0.15) is 0 Å². The minimum atomic E-state index is 0.846. The maximum atomic E-state index is 5.13. The van der Waals surface area contributed by atoms with E-state index in [9.17, 15) is 0 Å². The van der Waals surface area contributed by atoms with Gasteiger partial charge >= 0.3 is 0 Å². The molecule has 0 unspecified atom stereocenters. The van der Waals surface area contributed by atoms with E-state index in [1.165, 1.54) is 16.8 Å². The zero-order chi connectivity index (χ0) is 14.4. The second kappa shape index (κ2) is 7.50. The predicted octanol–water partition coefficient (Wildman–Crippen LogP) is 4.18. The number of hydrogen-bond donors (Lipinski definition) is 1. The van der Waals surface area contributed by atoms with Crippen molar-refractivity contribution in [1.29, 1.82) is 0 Å². The molecule has 3 nitrogen and oxygen atoms in total. The van der Waals surface area contributed by atoms with Gasteiger partial charge < -0.3 is 14.6 Å². The molecule has 1 N–H and O–H groups in total. The number of nitrogens with zero attached hydrogens (tertiary/aromatic N) is 1. The zero-order valence-electron chi connectivity index (χ0n) is 12.0. The lowest BCUT2D eigenvalue weighted by molar-refractivity contribution is 0.563. The van der Waals surface area contributed by atoms with Gasteiger partial charge in [-0.15, -0.1) is 0 Å². The molecule has 1 heterocycles. The summed E-state index contributed by atoms with van der Waals surface area (Å²) in [7, 11) is 2.11. The molecule has 2 aromatic rings. The molecular formula is C16H21BrN2O. The van der Waals surface area contributed by atoms with Gasteiger partial charge in [0.1, 0.15) is 0 Å². The third-order valence-electron chi connectivity index (χ3n) is 3.19. The smallest absolute Gasteiger partial charge is 0.0952 e. The Hall–Kier alpha value is -1.26. The van der Waals surface area contributed by atoms with Gasteiger partial charge in [-0.3, -0.25) is 0 Å². The average molecular weight is 337 g/mol. The van der Waals surface area contributed by atoms with Gasteiger partial charge in [0, 0.05) is 35.9 Å². The first-order valence-electron chi connectivity index (χ1n) is 6.92. The highest BCUT2D eigenvalue weighted by atomic mass is 79.9. The molecule has 1 aromatic carbocycles. The Kier molecular flexibility index (Phi) is 5.68. The van der Waals surface area contributed by atoms with Crippen molar-refractivity contribution >= 4 is 21.6 Å².